The number of hydrogen-bond acceptors (Lipinski definition) is 3. The van der Waals surface area contributed by atoms with E-state index in [1.165, 1.54) is 0 Å². The molecule has 0 spiro atoms. The number of nitrogens with one attached hydrogen (secondary N) is 1. The van der Waals surface area contributed by atoms with Crippen molar-refractivity contribution in [1.29, 1.82) is 0 Å². The van der Waals surface area contributed by atoms with Gasteiger partial charge in [-0.3, -0.25) is 9.89 Å². The van der Waals surface area contributed by atoms with Crippen molar-refractivity contribution in [3.05, 3.63) is 70.4 Å². The van der Waals surface area contributed by atoms with Gasteiger partial charge in [0.25, 0.3) is 5.91 Å². The normalized spacial score (nSPS) is 16.0. The van der Waals surface area contributed by atoms with Crippen molar-refractivity contribution in [3.8, 4) is 17.0 Å². The van der Waals surface area contributed by atoms with Crippen molar-refractivity contribution >= 4 is 17.5 Å². The number of rotatable bonds is 6. The number of benzene rings is 2. The van der Waals surface area contributed by atoms with Gasteiger partial charge in [-0.1, -0.05) is 49.7 Å². The number of nitrogens with zero attached hydrogens (tertiary/aromatic N) is 2. The van der Waals surface area contributed by atoms with Crippen LogP contribution in [0.15, 0.2) is 48.5 Å². The van der Waals surface area contributed by atoms with E-state index in [-0.39, 0.29) is 17.5 Å². The molecule has 2 aromatic carbocycles. The molecule has 4 rings (SSSR count). The first-order valence-electron chi connectivity index (χ1n) is 11.1. The van der Waals surface area contributed by atoms with Gasteiger partial charge < -0.3 is 9.64 Å². The van der Waals surface area contributed by atoms with Crippen LogP contribution in [-0.2, 0) is 0 Å². The summed E-state index contributed by atoms with van der Waals surface area (Å²) >= 11 is 6.09. The average Bonchev–Trinajstić information content (AvgIpc) is 3.28. The fourth-order valence-electron chi connectivity index (χ4n) is 4.14. The molecule has 1 N–H and O–H groups in total. The SMILES string of the molecule is CC(C)CCOc1ccc(C2c3c(-c4ccc(Cl)cc4)n[nH]c3C(=O)N2C(C)(C)C)cc1. The van der Waals surface area contributed by atoms with Crippen LogP contribution in [0.1, 0.15) is 68.7 Å². The molecule has 1 aliphatic rings. The van der Waals surface area contributed by atoms with Crippen LogP contribution in [0.2, 0.25) is 5.02 Å². The Labute approximate surface area is 194 Å². The predicted octanol–water partition coefficient (Wildman–Crippen LogP) is 6.50. The number of halogens is 1. The van der Waals surface area contributed by atoms with E-state index in [9.17, 15) is 4.79 Å². The predicted molar refractivity (Wildman–Crippen MR) is 128 cm³/mol. The number of ether oxygens (including phenoxy) is 1. The van der Waals surface area contributed by atoms with Gasteiger partial charge in [-0.15, -0.1) is 0 Å². The van der Waals surface area contributed by atoms with Gasteiger partial charge in [0.2, 0.25) is 0 Å². The van der Waals surface area contributed by atoms with Crippen molar-refractivity contribution in [2.24, 2.45) is 5.92 Å². The number of aromatic amines is 1. The lowest BCUT2D eigenvalue weighted by Gasteiger charge is -2.37. The summed E-state index contributed by atoms with van der Waals surface area (Å²) in [7, 11) is 0. The molecule has 0 aliphatic carbocycles. The van der Waals surface area contributed by atoms with Crippen LogP contribution in [0.25, 0.3) is 11.3 Å². The van der Waals surface area contributed by atoms with E-state index in [1.807, 2.05) is 41.3 Å². The lowest BCUT2D eigenvalue weighted by Crippen LogP contribution is -2.44. The minimum atomic E-state index is -0.370. The fraction of sp³-hybridized carbons (Fsp3) is 0.385. The summed E-state index contributed by atoms with van der Waals surface area (Å²) in [6, 6.07) is 15.4. The monoisotopic (exact) mass is 451 g/mol. The van der Waals surface area contributed by atoms with E-state index >= 15 is 0 Å². The maximum atomic E-state index is 13.4. The Morgan fingerprint density at radius 3 is 2.34 bits per heavy atom. The molecule has 5 nitrogen and oxygen atoms in total. The highest BCUT2D eigenvalue weighted by Crippen LogP contribution is 2.46. The molecule has 0 saturated carbocycles. The zero-order valence-electron chi connectivity index (χ0n) is 19.3. The molecule has 1 aliphatic heterocycles. The molecule has 0 bridgehead atoms. The van der Waals surface area contributed by atoms with Crippen LogP contribution in [0.5, 0.6) is 5.75 Å². The third kappa shape index (κ3) is 4.26. The summed E-state index contributed by atoms with van der Waals surface area (Å²) in [5.74, 6) is 1.40. The third-order valence-corrected chi connectivity index (χ3v) is 6.02. The van der Waals surface area contributed by atoms with E-state index in [1.54, 1.807) is 0 Å². The highest BCUT2D eigenvalue weighted by atomic mass is 35.5. The van der Waals surface area contributed by atoms with E-state index < -0.39 is 0 Å². The van der Waals surface area contributed by atoms with Gasteiger partial charge in [-0.25, -0.2) is 0 Å². The third-order valence-electron chi connectivity index (χ3n) is 5.77. The van der Waals surface area contributed by atoms with Gasteiger partial charge in [0.05, 0.1) is 18.3 Å². The molecule has 0 saturated heterocycles. The number of carbonyl (C=O) groups excluding carboxylic acids is 1. The maximum Gasteiger partial charge on any atom is 0.273 e. The molecule has 1 aromatic heterocycles. The molecule has 32 heavy (non-hydrogen) atoms. The first-order chi connectivity index (χ1) is 15.2. The Kier molecular flexibility index (Phi) is 6.04. The summed E-state index contributed by atoms with van der Waals surface area (Å²) in [6.45, 7) is 11.2. The van der Waals surface area contributed by atoms with Gasteiger partial charge in [0.15, 0.2) is 0 Å². The highest BCUT2D eigenvalue weighted by Gasteiger charge is 2.46. The highest BCUT2D eigenvalue weighted by molar-refractivity contribution is 6.30. The van der Waals surface area contributed by atoms with E-state index in [2.05, 4.69) is 56.9 Å². The van der Waals surface area contributed by atoms with Crippen molar-refractivity contribution in [2.45, 2.75) is 52.6 Å². The Bertz CT molecular complexity index is 1100. The van der Waals surface area contributed by atoms with E-state index in [0.29, 0.717) is 23.2 Å². The van der Waals surface area contributed by atoms with Crippen LogP contribution in [0, 0.1) is 5.92 Å². The van der Waals surface area contributed by atoms with Crippen molar-refractivity contribution < 1.29 is 9.53 Å². The number of hydrogen-bond donors (Lipinski definition) is 1. The van der Waals surface area contributed by atoms with Gasteiger partial charge in [0.1, 0.15) is 11.4 Å². The summed E-state index contributed by atoms with van der Waals surface area (Å²) in [5.41, 5.74) is 3.81. The Hall–Kier alpha value is -2.79. The second-order valence-electron chi connectivity index (χ2n) is 9.72. The van der Waals surface area contributed by atoms with Crippen LogP contribution in [-0.4, -0.2) is 33.2 Å². The molecule has 168 valence electrons. The van der Waals surface area contributed by atoms with Crippen LogP contribution < -0.4 is 4.74 Å². The van der Waals surface area contributed by atoms with Gasteiger partial charge in [-0.05, 0) is 62.9 Å². The quantitative estimate of drug-likeness (QED) is 0.465. The van der Waals surface area contributed by atoms with Crippen molar-refractivity contribution in [1.82, 2.24) is 15.1 Å². The summed E-state index contributed by atoms with van der Waals surface area (Å²) in [4.78, 5) is 15.3. The molecular weight excluding hydrogens is 422 g/mol. The minimum absolute atomic E-state index is 0.0394. The van der Waals surface area contributed by atoms with Crippen LogP contribution in [0.3, 0.4) is 0 Å². The number of H-pyrrole nitrogens is 1. The second kappa shape index (κ2) is 8.62. The number of carbonyl (C=O) groups is 1. The van der Waals surface area contributed by atoms with E-state index in [0.717, 1.165) is 34.6 Å². The molecule has 6 heteroatoms. The summed E-state index contributed by atoms with van der Waals surface area (Å²) < 4.78 is 5.90. The van der Waals surface area contributed by atoms with Crippen molar-refractivity contribution in [3.63, 3.8) is 0 Å². The second-order valence-corrected chi connectivity index (χ2v) is 10.2. The molecule has 1 atom stereocenters. The van der Waals surface area contributed by atoms with Crippen LogP contribution >= 0.6 is 11.6 Å². The minimum Gasteiger partial charge on any atom is -0.494 e. The Morgan fingerprint density at radius 2 is 1.75 bits per heavy atom. The molecule has 0 fully saturated rings. The lowest BCUT2D eigenvalue weighted by molar-refractivity contribution is 0.0546. The summed E-state index contributed by atoms with van der Waals surface area (Å²) in [5, 5.41) is 8.18. The molecule has 1 amide bonds. The molecule has 1 unspecified atom stereocenters. The molecule has 3 aromatic rings. The smallest absolute Gasteiger partial charge is 0.273 e. The topological polar surface area (TPSA) is 58.2 Å². The molecule has 2 heterocycles. The van der Waals surface area contributed by atoms with Crippen molar-refractivity contribution in [2.75, 3.05) is 6.61 Å². The average molecular weight is 452 g/mol. The number of aromatic nitrogens is 2. The zero-order valence-corrected chi connectivity index (χ0v) is 20.0. The lowest BCUT2D eigenvalue weighted by atomic mass is 9.93. The zero-order chi connectivity index (χ0) is 23.0. The first-order valence-corrected chi connectivity index (χ1v) is 11.4. The summed E-state index contributed by atoms with van der Waals surface area (Å²) in [6.07, 6.45) is 1.01. The van der Waals surface area contributed by atoms with E-state index in [4.69, 9.17) is 16.3 Å². The van der Waals surface area contributed by atoms with Gasteiger partial charge in [-0.2, -0.15) is 5.10 Å². The van der Waals surface area contributed by atoms with Crippen LogP contribution in [0.4, 0.5) is 0 Å². The van der Waals surface area contributed by atoms with Gasteiger partial charge in [0, 0.05) is 21.7 Å². The largest absolute Gasteiger partial charge is 0.494 e. The fourth-order valence-corrected chi connectivity index (χ4v) is 4.27. The first kappa shape index (κ1) is 22.4. The standard InChI is InChI=1S/C26H30ClN3O2/c1-16(2)14-15-32-20-12-8-18(9-13-20)24-21-22(17-6-10-19(27)11-7-17)28-29-23(21)25(31)30(24)26(3,4)5/h6-13,16,24H,14-15H2,1-5H3,(H,28,29). The number of fused-ring (bicyclic) bond motifs is 1. The molecule has 0 radical (unpaired) electrons. The van der Waals surface area contributed by atoms with Gasteiger partial charge >= 0.3 is 0 Å². The number of amides is 1. The Balaban J connectivity index is 1.74. The maximum absolute atomic E-state index is 13.4. The Morgan fingerprint density at radius 1 is 1.09 bits per heavy atom. The molecular formula is C26H30ClN3O2.